The average Bonchev–Trinajstić information content (AvgIpc) is 3.02. The highest BCUT2D eigenvalue weighted by molar-refractivity contribution is 5.76. The number of amides is 1. The van der Waals surface area contributed by atoms with Gasteiger partial charge in [-0.3, -0.25) is 4.79 Å². The van der Waals surface area contributed by atoms with E-state index < -0.39 is 17.6 Å². The van der Waals surface area contributed by atoms with Gasteiger partial charge in [-0.25, -0.2) is 4.79 Å². The van der Waals surface area contributed by atoms with E-state index in [9.17, 15) is 9.59 Å². The summed E-state index contributed by atoms with van der Waals surface area (Å²) in [5.74, 6) is -0.226. The summed E-state index contributed by atoms with van der Waals surface area (Å²) in [5, 5.41) is 8.64. The first-order valence-electron chi connectivity index (χ1n) is 8.88. The molecule has 1 saturated heterocycles. The molecular weight excluding hydrogens is 348 g/mol. The Bertz CT molecular complexity index is 720. The second kappa shape index (κ2) is 8.76. The maximum atomic E-state index is 12.4. The van der Waals surface area contributed by atoms with Crippen LogP contribution < -0.4 is 4.74 Å². The molecule has 1 heterocycles. The summed E-state index contributed by atoms with van der Waals surface area (Å²) in [5.41, 5.74) is 0.373. The average molecular weight is 374 g/mol. The van der Waals surface area contributed by atoms with Crippen molar-refractivity contribution < 1.29 is 23.8 Å². The van der Waals surface area contributed by atoms with Gasteiger partial charge in [0.1, 0.15) is 17.4 Å². The van der Waals surface area contributed by atoms with Gasteiger partial charge in [-0.05, 0) is 50.8 Å². The van der Waals surface area contributed by atoms with Gasteiger partial charge in [-0.1, -0.05) is 12.1 Å². The first kappa shape index (κ1) is 20.6. The van der Waals surface area contributed by atoms with Gasteiger partial charge in [0.25, 0.3) is 0 Å². The largest absolute Gasteiger partial charge is 0.479 e. The molecule has 1 aromatic carbocycles. The van der Waals surface area contributed by atoms with Crippen LogP contribution in [0, 0.1) is 23.2 Å². The second-order valence-corrected chi connectivity index (χ2v) is 7.57. The number of nitriles is 1. The summed E-state index contributed by atoms with van der Waals surface area (Å²) in [6.07, 6.45) is 0.160. The number of carbonyl (C=O) groups is 2. The minimum atomic E-state index is -0.595. The summed E-state index contributed by atoms with van der Waals surface area (Å²) < 4.78 is 15.7. The number of nitrogens with zero attached hydrogens (tertiary/aromatic N) is 2. The number of hydrogen-bond acceptors (Lipinski definition) is 6. The summed E-state index contributed by atoms with van der Waals surface area (Å²) in [4.78, 5) is 26.2. The number of hydrogen-bond donors (Lipinski definition) is 0. The third-order valence-electron chi connectivity index (χ3n) is 4.30. The Kier molecular flexibility index (Phi) is 6.67. The van der Waals surface area contributed by atoms with Crippen LogP contribution >= 0.6 is 0 Å². The van der Waals surface area contributed by atoms with Crippen LogP contribution in [0.4, 0.5) is 4.79 Å². The molecule has 1 amide bonds. The predicted octanol–water partition coefficient (Wildman–Crippen LogP) is 2.79. The molecule has 27 heavy (non-hydrogen) atoms. The maximum Gasteiger partial charge on any atom is 0.410 e. The maximum absolute atomic E-state index is 12.4. The highest BCUT2D eigenvalue weighted by Crippen LogP contribution is 2.30. The van der Waals surface area contributed by atoms with Crippen LogP contribution in [0.25, 0.3) is 0 Å². The molecule has 2 atom stereocenters. The van der Waals surface area contributed by atoms with E-state index in [1.54, 1.807) is 11.0 Å². The van der Waals surface area contributed by atoms with Crippen molar-refractivity contribution in [3.05, 3.63) is 29.8 Å². The van der Waals surface area contributed by atoms with Crippen molar-refractivity contribution in [3.63, 3.8) is 0 Å². The van der Waals surface area contributed by atoms with Gasteiger partial charge in [0.2, 0.25) is 0 Å². The van der Waals surface area contributed by atoms with E-state index in [1.807, 2.05) is 45.0 Å². The number of carbonyl (C=O) groups excluding carboxylic acids is 2. The van der Waals surface area contributed by atoms with Gasteiger partial charge in [-0.15, -0.1) is 0 Å². The molecule has 1 fully saturated rings. The fourth-order valence-electron chi connectivity index (χ4n) is 3.15. The summed E-state index contributed by atoms with van der Waals surface area (Å²) >= 11 is 0. The molecule has 1 aliphatic heterocycles. The van der Waals surface area contributed by atoms with Crippen molar-refractivity contribution >= 4 is 12.1 Å². The van der Waals surface area contributed by atoms with Crippen LogP contribution in [-0.2, 0) is 20.7 Å². The summed E-state index contributed by atoms with van der Waals surface area (Å²) in [7, 11) is 1.35. The fraction of sp³-hybridized carbons (Fsp3) is 0.550. The van der Waals surface area contributed by atoms with Gasteiger partial charge in [0.05, 0.1) is 13.0 Å². The quantitative estimate of drug-likeness (QED) is 0.736. The monoisotopic (exact) mass is 374 g/mol. The normalized spacial score (nSPS) is 19.3. The SMILES string of the molecule is COC(=O)[C@H]1CN(C(=O)OC(C)(C)C)CC1Cc1cccc(OCC#N)c1. The number of methoxy groups -OCH3 is 1. The number of ether oxygens (including phenoxy) is 3. The van der Waals surface area contributed by atoms with Gasteiger partial charge >= 0.3 is 12.1 Å². The van der Waals surface area contributed by atoms with Crippen molar-refractivity contribution in [1.29, 1.82) is 5.26 Å². The van der Waals surface area contributed by atoms with Crippen molar-refractivity contribution in [1.82, 2.24) is 4.90 Å². The molecule has 1 aliphatic rings. The van der Waals surface area contributed by atoms with Crippen molar-refractivity contribution in [2.75, 3.05) is 26.8 Å². The molecule has 2 rings (SSSR count). The molecule has 0 spiro atoms. The molecule has 0 bridgehead atoms. The topological polar surface area (TPSA) is 88.9 Å². The lowest BCUT2D eigenvalue weighted by atomic mass is 9.89. The van der Waals surface area contributed by atoms with E-state index in [0.717, 1.165) is 5.56 Å². The Balaban J connectivity index is 2.12. The highest BCUT2D eigenvalue weighted by atomic mass is 16.6. The van der Waals surface area contributed by atoms with Crippen molar-refractivity contribution in [3.8, 4) is 11.8 Å². The molecule has 1 aromatic rings. The van der Waals surface area contributed by atoms with Gasteiger partial charge in [-0.2, -0.15) is 5.26 Å². The van der Waals surface area contributed by atoms with Crippen LogP contribution in [0.15, 0.2) is 24.3 Å². The molecule has 146 valence electrons. The van der Waals surface area contributed by atoms with E-state index in [4.69, 9.17) is 19.5 Å². The van der Waals surface area contributed by atoms with Crippen LogP contribution in [0.5, 0.6) is 5.75 Å². The zero-order chi connectivity index (χ0) is 20.0. The Hall–Kier alpha value is -2.75. The number of likely N-dealkylation sites (tertiary alicyclic amines) is 1. The zero-order valence-electron chi connectivity index (χ0n) is 16.2. The van der Waals surface area contributed by atoms with E-state index in [2.05, 4.69) is 0 Å². The molecule has 0 saturated carbocycles. The summed E-state index contributed by atoms with van der Waals surface area (Å²) in [6.45, 7) is 6.09. The number of benzene rings is 1. The molecule has 0 aromatic heterocycles. The van der Waals surface area contributed by atoms with E-state index >= 15 is 0 Å². The van der Waals surface area contributed by atoms with Gasteiger partial charge in [0.15, 0.2) is 6.61 Å². The standard InChI is InChI=1S/C20H26N2O5/c1-20(2,3)27-19(24)22-12-15(17(13-22)18(23)25-4)10-14-6-5-7-16(11-14)26-9-8-21/h5-7,11,15,17H,9-10,12-13H2,1-4H3/t15?,17-/m0/s1. The Labute approximate surface area is 159 Å². The molecule has 1 unspecified atom stereocenters. The Morgan fingerprint density at radius 2 is 2.04 bits per heavy atom. The van der Waals surface area contributed by atoms with Crippen LogP contribution in [0.3, 0.4) is 0 Å². The molecule has 0 aliphatic carbocycles. The van der Waals surface area contributed by atoms with E-state index in [1.165, 1.54) is 7.11 Å². The molecule has 0 radical (unpaired) electrons. The lowest BCUT2D eigenvalue weighted by Gasteiger charge is -2.24. The number of rotatable bonds is 5. The third kappa shape index (κ3) is 5.88. The van der Waals surface area contributed by atoms with E-state index in [0.29, 0.717) is 18.7 Å². The second-order valence-electron chi connectivity index (χ2n) is 7.57. The Morgan fingerprint density at radius 3 is 2.67 bits per heavy atom. The van der Waals surface area contributed by atoms with E-state index in [-0.39, 0.29) is 25.0 Å². The molecule has 0 N–H and O–H groups in total. The van der Waals surface area contributed by atoms with Crippen molar-refractivity contribution in [2.24, 2.45) is 11.8 Å². The lowest BCUT2D eigenvalue weighted by molar-refractivity contribution is -0.146. The molecule has 7 heteroatoms. The van der Waals surface area contributed by atoms with Crippen LogP contribution in [-0.4, -0.2) is 49.4 Å². The van der Waals surface area contributed by atoms with Gasteiger partial charge < -0.3 is 19.1 Å². The smallest absolute Gasteiger partial charge is 0.410 e. The first-order chi connectivity index (χ1) is 12.7. The van der Waals surface area contributed by atoms with Crippen LogP contribution in [0.2, 0.25) is 0 Å². The van der Waals surface area contributed by atoms with Crippen LogP contribution in [0.1, 0.15) is 26.3 Å². The van der Waals surface area contributed by atoms with Gasteiger partial charge in [0, 0.05) is 13.1 Å². The van der Waals surface area contributed by atoms with Crippen molar-refractivity contribution in [2.45, 2.75) is 32.8 Å². The highest BCUT2D eigenvalue weighted by Gasteiger charge is 2.41. The third-order valence-corrected chi connectivity index (χ3v) is 4.30. The lowest BCUT2D eigenvalue weighted by Crippen LogP contribution is -2.36. The molecular formula is C20H26N2O5. The number of esters is 1. The minimum absolute atomic E-state index is 0.0237. The summed E-state index contributed by atoms with van der Waals surface area (Å²) in [6, 6.07) is 9.34. The predicted molar refractivity (Wildman–Crippen MR) is 98.1 cm³/mol. The first-order valence-corrected chi connectivity index (χ1v) is 8.88. The molecule has 7 nitrogen and oxygen atoms in total. The minimum Gasteiger partial charge on any atom is -0.479 e. The fourth-order valence-corrected chi connectivity index (χ4v) is 3.15. The zero-order valence-corrected chi connectivity index (χ0v) is 16.2. The Morgan fingerprint density at radius 1 is 1.30 bits per heavy atom.